The fourth-order valence-electron chi connectivity index (χ4n) is 2.19. The molecule has 2 unspecified atom stereocenters. The van der Waals surface area contributed by atoms with Crippen molar-refractivity contribution in [3.63, 3.8) is 0 Å². The first-order valence-electron chi connectivity index (χ1n) is 6.57. The van der Waals surface area contributed by atoms with Crippen molar-refractivity contribution in [2.75, 3.05) is 25.5 Å². The van der Waals surface area contributed by atoms with Crippen molar-refractivity contribution in [3.05, 3.63) is 29.8 Å². The third-order valence-electron chi connectivity index (χ3n) is 3.53. The molecular weight excluding hydrogens is 238 g/mol. The zero-order valence-corrected chi connectivity index (χ0v) is 11.4. The van der Waals surface area contributed by atoms with E-state index >= 15 is 0 Å². The summed E-state index contributed by atoms with van der Waals surface area (Å²) in [5, 5.41) is 11.5. The maximum Gasteiger partial charge on any atom is 0.238 e. The number of likely N-dealkylation sites (N-methyl/N-ethyl adjacent to an activating group) is 1. The minimum absolute atomic E-state index is 0.0134. The third kappa shape index (κ3) is 4.08. The number of carbonyl (C=O) groups excluding carboxylic acids is 1. The van der Waals surface area contributed by atoms with Crippen molar-refractivity contribution >= 4 is 11.6 Å². The van der Waals surface area contributed by atoms with Crippen LogP contribution in [0.2, 0.25) is 0 Å². The standard InChI is InChI=1S/C15H19N3O/c1-11-7-13(11)9-18(2)10-15(19)17-14-5-3-12(8-16)4-6-14/h3-6,11,13H,7,9-10H2,1-2H3,(H,17,19). The predicted molar refractivity (Wildman–Crippen MR) is 74.6 cm³/mol. The van der Waals surface area contributed by atoms with E-state index in [0.29, 0.717) is 12.1 Å². The van der Waals surface area contributed by atoms with Gasteiger partial charge in [-0.15, -0.1) is 0 Å². The lowest BCUT2D eigenvalue weighted by molar-refractivity contribution is -0.117. The first-order valence-corrected chi connectivity index (χ1v) is 6.57. The molecule has 0 radical (unpaired) electrons. The summed E-state index contributed by atoms with van der Waals surface area (Å²) < 4.78 is 0. The van der Waals surface area contributed by atoms with Crippen LogP contribution in [0.4, 0.5) is 5.69 Å². The zero-order chi connectivity index (χ0) is 13.8. The Morgan fingerprint density at radius 2 is 2.11 bits per heavy atom. The Balaban J connectivity index is 1.78. The molecular formula is C15H19N3O. The number of nitriles is 1. The zero-order valence-electron chi connectivity index (χ0n) is 11.4. The molecule has 19 heavy (non-hydrogen) atoms. The molecule has 0 saturated heterocycles. The second-order valence-electron chi connectivity index (χ2n) is 5.41. The molecule has 2 atom stereocenters. The predicted octanol–water partition coefficient (Wildman–Crippen LogP) is 2.08. The molecule has 1 amide bonds. The molecule has 0 heterocycles. The average Bonchev–Trinajstić information content (AvgIpc) is 3.05. The molecule has 0 bridgehead atoms. The van der Waals surface area contributed by atoms with E-state index < -0.39 is 0 Å². The van der Waals surface area contributed by atoms with Gasteiger partial charge in [-0.25, -0.2) is 0 Å². The molecule has 1 fully saturated rings. The van der Waals surface area contributed by atoms with E-state index in [-0.39, 0.29) is 5.91 Å². The fraction of sp³-hybridized carbons (Fsp3) is 0.467. The molecule has 1 aliphatic rings. The first-order chi connectivity index (χ1) is 9.08. The van der Waals surface area contributed by atoms with Crippen LogP contribution in [0.3, 0.4) is 0 Å². The maximum atomic E-state index is 11.8. The van der Waals surface area contributed by atoms with E-state index in [1.54, 1.807) is 24.3 Å². The largest absolute Gasteiger partial charge is 0.325 e. The summed E-state index contributed by atoms with van der Waals surface area (Å²) in [6.45, 7) is 3.64. The monoisotopic (exact) mass is 257 g/mol. The highest BCUT2D eigenvalue weighted by Gasteiger charge is 2.33. The van der Waals surface area contributed by atoms with Gasteiger partial charge in [-0.05, 0) is 49.6 Å². The van der Waals surface area contributed by atoms with Gasteiger partial charge in [-0.1, -0.05) is 6.92 Å². The summed E-state index contributed by atoms with van der Waals surface area (Å²) in [4.78, 5) is 13.9. The fourth-order valence-corrected chi connectivity index (χ4v) is 2.19. The van der Waals surface area contributed by atoms with Crippen molar-refractivity contribution in [2.24, 2.45) is 11.8 Å². The SMILES string of the molecule is CC1CC1CN(C)CC(=O)Nc1ccc(C#N)cc1. The van der Waals surface area contributed by atoms with Crippen LogP contribution in [0.5, 0.6) is 0 Å². The van der Waals surface area contributed by atoms with Gasteiger partial charge in [0.15, 0.2) is 0 Å². The first kappa shape index (κ1) is 13.6. The summed E-state index contributed by atoms with van der Waals surface area (Å²) in [6.07, 6.45) is 1.28. The van der Waals surface area contributed by atoms with Crippen LogP contribution in [0.1, 0.15) is 18.9 Å². The number of nitrogens with zero attached hydrogens (tertiary/aromatic N) is 2. The molecule has 4 heteroatoms. The minimum atomic E-state index is -0.0134. The molecule has 0 spiro atoms. The Morgan fingerprint density at radius 1 is 1.47 bits per heavy atom. The lowest BCUT2D eigenvalue weighted by Gasteiger charge is -2.16. The van der Waals surface area contributed by atoms with E-state index in [0.717, 1.165) is 24.1 Å². The lowest BCUT2D eigenvalue weighted by Crippen LogP contribution is -2.31. The molecule has 1 N–H and O–H groups in total. The van der Waals surface area contributed by atoms with Gasteiger partial charge in [-0.3, -0.25) is 9.69 Å². The van der Waals surface area contributed by atoms with Gasteiger partial charge in [0, 0.05) is 12.2 Å². The van der Waals surface area contributed by atoms with Gasteiger partial charge in [0.25, 0.3) is 0 Å². The van der Waals surface area contributed by atoms with Crippen molar-refractivity contribution in [1.29, 1.82) is 5.26 Å². The van der Waals surface area contributed by atoms with Gasteiger partial charge < -0.3 is 5.32 Å². The van der Waals surface area contributed by atoms with Crippen molar-refractivity contribution < 1.29 is 4.79 Å². The molecule has 4 nitrogen and oxygen atoms in total. The number of anilines is 1. The van der Waals surface area contributed by atoms with E-state index in [9.17, 15) is 4.79 Å². The lowest BCUT2D eigenvalue weighted by atomic mass is 10.2. The van der Waals surface area contributed by atoms with Crippen molar-refractivity contribution in [2.45, 2.75) is 13.3 Å². The second-order valence-corrected chi connectivity index (χ2v) is 5.41. The number of hydrogen-bond acceptors (Lipinski definition) is 3. The molecule has 100 valence electrons. The molecule has 1 aliphatic carbocycles. The average molecular weight is 257 g/mol. The molecule has 1 saturated carbocycles. The third-order valence-corrected chi connectivity index (χ3v) is 3.53. The number of amides is 1. The van der Waals surface area contributed by atoms with Crippen LogP contribution >= 0.6 is 0 Å². The summed E-state index contributed by atoms with van der Waals surface area (Å²) in [5.41, 5.74) is 1.33. The van der Waals surface area contributed by atoms with Gasteiger partial charge in [-0.2, -0.15) is 5.26 Å². The summed E-state index contributed by atoms with van der Waals surface area (Å²) in [6, 6.07) is 8.95. The Kier molecular flexibility index (Phi) is 4.18. The summed E-state index contributed by atoms with van der Waals surface area (Å²) in [7, 11) is 1.98. The number of nitrogens with one attached hydrogen (secondary N) is 1. The smallest absolute Gasteiger partial charge is 0.238 e. The Hall–Kier alpha value is -1.86. The number of rotatable bonds is 5. The van der Waals surface area contributed by atoms with Crippen LogP contribution in [0.25, 0.3) is 0 Å². The molecule has 1 aromatic rings. The van der Waals surface area contributed by atoms with Gasteiger partial charge in [0.1, 0.15) is 0 Å². The highest BCUT2D eigenvalue weighted by atomic mass is 16.2. The van der Waals surface area contributed by atoms with E-state index in [2.05, 4.69) is 23.2 Å². The molecule has 2 rings (SSSR count). The minimum Gasteiger partial charge on any atom is -0.325 e. The molecule has 1 aromatic carbocycles. The number of hydrogen-bond donors (Lipinski definition) is 1. The normalized spacial score (nSPS) is 20.9. The maximum absolute atomic E-state index is 11.8. The quantitative estimate of drug-likeness (QED) is 0.878. The molecule has 0 aromatic heterocycles. The van der Waals surface area contributed by atoms with Gasteiger partial charge >= 0.3 is 0 Å². The van der Waals surface area contributed by atoms with Gasteiger partial charge in [0.2, 0.25) is 5.91 Å². The van der Waals surface area contributed by atoms with Gasteiger partial charge in [0.05, 0.1) is 18.2 Å². The van der Waals surface area contributed by atoms with Crippen molar-refractivity contribution in [1.82, 2.24) is 4.90 Å². The Labute approximate surface area is 114 Å². The van der Waals surface area contributed by atoms with Crippen LogP contribution in [-0.4, -0.2) is 30.9 Å². The van der Waals surface area contributed by atoms with E-state index in [1.165, 1.54) is 6.42 Å². The van der Waals surface area contributed by atoms with Crippen LogP contribution in [0, 0.1) is 23.2 Å². The number of carbonyl (C=O) groups is 1. The number of benzene rings is 1. The summed E-state index contributed by atoms with van der Waals surface area (Å²) in [5.74, 6) is 1.55. The topological polar surface area (TPSA) is 56.1 Å². The highest BCUT2D eigenvalue weighted by molar-refractivity contribution is 5.92. The van der Waals surface area contributed by atoms with Crippen LogP contribution in [0.15, 0.2) is 24.3 Å². The second kappa shape index (κ2) is 5.85. The molecule has 0 aliphatic heterocycles. The van der Waals surface area contributed by atoms with Crippen LogP contribution < -0.4 is 5.32 Å². The summed E-state index contributed by atoms with van der Waals surface area (Å²) >= 11 is 0. The van der Waals surface area contributed by atoms with E-state index in [1.807, 2.05) is 7.05 Å². The highest BCUT2D eigenvalue weighted by Crippen LogP contribution is 2.37. The van der Waals surface area contributed by atoms with Crippen LogP contribution in [-0.2, 0) is 4.79 Å². The van der Waals surface area contributed by atoms with E-state index in [4.69, 9.17) is 5.26 Å². The Morgan fingerprint density at radius 3 is 2.63 bits per heavy atom. The van der Waals surface area contributed by atoms with Crippen molar-refractivity contribution in [3.8, 4) is 6.07 Å². The Bertz CT molecular complexity index is 489.